The predicted molar refractivity (Wildman–Crippen MR) is 59.7 cm³/mol. The predicted octanol–water partition coefficient (Wildman–Crippen LogP) is 0.715. The number of hydrogen-bond donors (Lipinski definition) is 1. The average molecular weight is 239 g/mol. The molecule has 1 aromatic heterocycles. The minimum atomic E-state index is -0.448. The largest absolute Gasteiger partial charge is 0.464 e. The van der Waals surface area contributed by atoms with Gasteiger partial charge in [0.05, 0.1) is 26.0 Å². The lowest BCUT2D eigenvalue weighted by Crippen LogP contribution is -2.14. The van der Waals surface area contributed by atoms with E-state index in [1.165, 1.54) is 7.11 Å². The van der Waals surface area contributed by atoms with Crippen LogP contribution in [0, 0.1) is 0 Å². The van der Waals surface area contributed by atoms with Gasteiger partial charge >= 0.3 is 5.97 Å². The highest BCUT2D eigenvalue weighted by Crippen LogP contribution is 2.35. The number of methoxy groups -OCH3 is 1. The summed E-state index contributed by atoms with van der Waals surface area (Å²) in [5.74, 6) is -0.137. The van der Waals surface area contributed by atoms with Gasteiger partial charge in [0.15, 0.2) is 5.69 Å². The van der Waals surface area contributed by atoms with E-state index < -0.39 is 5.97 Å². The first-order valence-electron chi connectivity index (χ1n) is 5.90. The summed E-state index contributed by atoms with van der Waals surface area (Å²) in [5.41, 5.74) is 1.12. The van der Waals surface area contributed by atoms with Crippen molar-refractivity contribution in [3.8, 4) is 0 Å². The second-order valence-corrected chi connectivity index (χ2v) is 4.24. The quantitative estimate of drug-likeness (QED) is 0.783. The Kier molecular flexibility index (Phi) is 3.73. The highest BCUT2D eigenvalue weighted by molar-refractivity contribution is 5.88. The Morgan fingerprint density at radius 2 is 2.24 bits per heavy atom. The van der Waals surface area contributed by atoms with E-state index in [4.69, 9.17) is 9.84 Å². The first-order valence-corrected chi connectivity index (χ1v) is 5.90. The Balaban J connectivity index is 2.34. The van der Waals surface area contributed by atoms with Crippen molar-refractivity contribution >= 4 is 5.97 Å². The van der Waals surface area contributed by atoms with Crippen LogP contribution in [0.4, 0.5) is 0 Å². The van der Waals surface area contributed by atoms with E-state index in [1.807, 2.05) is 0 Å². The molecule has 0 atom stereocenters. The molecule has 0 aliphatic heterocycles. The smallest absolute Gasteiger partial charge is 0.360 e. The van der Waals surface area contributed by atoms with Crippen molar-refractivity contribution in [1.29, 1.82) is 0 Å². The molecule has 17 heavy (non-hydrogen) atoms. The van der Waals surface area contributed by atoms with Crippen LogP contribution in [0.5, 0.6) is 0 Å². The van der Waals surface area contributed by atoms with Gasteiger partial charge in [0.2, 0.25) is 0 Å². The molecule has 2 rings (SSSR count). The number of nitrogens with zero attached hydrogens (tertiary/aromatic N) is 3. The zero-order chi connectivity index (χ0) is 12.3. The minimum Gasteiger partial charge on any atom is -0.464 e. The Morgan fingerprint density at radius 3 is 2.82 bits per heavy atom. The van der Waals surface area contributed by atoms with E-state index in [0.29, 0.717) is 18.2 Å². The summed E-state index contributed by atoms with van der Waals surface area (Å²) < 4.78 is 6.34. The number of aliphatic hydroxyl groups is 1. The molecule has 0 radical (unpaired) electrons. The number of ether oxygens (including phenoxy) is 1. The van der Waals surface area contributed by atoms with Crippen molar-refractivity contribution in [1.82, 2.24) is 15.0 Å². The number of aliphatic hydroxyl groups excluding tert-OH is 1. The maximum atomic E-state index is 11.6. The molecule has 94 valence electrons. The summed E-state index contributed by atoms with van der Waals surface area (Å²) in [7, 11) is 1.34. The molecular weight excluding hydrogens is 222 g/mol. The van der Waals surface area contributed by atoms with E-state index >= 15 is 0 Å². The van der Waals surface area contributed by atoms with Crippen molar-refractivity contribution in [3.05, 3.63) is 11.4 Å². The number of rotatable bonds is 4. The van der Waals surface area contributed by atoms with Crippen molar-refractivity contribution in [2.75, 3.05) is 13.7 Å². The zero-order valence-corrected chi connectivity index (χ0v) is 9.93. The third-order valence-electron chi connectivity index (χ3n) is 3.21. The molecule has 0 aromatic carbocycles. The first kappa shape index (κ1) is 12.0. The normalized spacial score (nSPS) is 16.4. The van der Waals surface area contributed by atoms with Crippen LogP contribution >= 0.6 is 0 Å². The van der Waals surface area contributed by atoms with Crippen LogP contribution < -0.4 is 0 Å². The van der Waals surface area contributed by atoms with Gasteiger partial charge in [-0.25, -0.2) is 9.48 Å². The van der Waals surface area contributed by atoms with Crippen LogP contribution in [0.15, 0.2) is 0 Å². The summed E-state index contributed by atoms with van der Waals surface area (Å²) in [5, 5.41) is 16.8. The van der Waals surface area contributed by atoms with Crippen molar-refractivity contribution in [2.45, 2.75) is 38.1 Å². The SMILES string of the molecule is COC(=O)c1nnn(CCO)c1C1CCCC1. The molecule has 6 heteroatoms. The molecule has 0 amide bonds. The van der Waals surface area contributed by atoms with Gasteiger partial charge in [-0.05, 0) is 12.8 Å². The molecule has 1 N–H and O–H groups in total. The van der Waals surface area contributed by atoms with Crippen molar-refractivity contribution in [2.24, 2.45) is 0 Å². The van der Waals surface area contributed by atoms with Crippen LogP contribution in [-0.2, 0) is 11.3 Å². The highest BCUT2D eigenvalue weighted by atomic mass is 16.5. The standard InChI is InChI=1S/C11H17N3O3/c1-17-11(16)9-10(8-4-2-3-5-8)14(6-7-15)13-12-9/h8,15H,2-7H2,1H3. The third-order valence-corrected chi connectivity index (χ3v) is 3.21. The van der Waals surface area contributed by atoms with Gasteiger partial charge in [-0.1, -0.05) is 18.1 Å². The number of esters is 1. The van der Waals surface area contributed by atoms with E-state index in [1.54, 1.807) is 4.68 Å². The maximum Gasteiger partial charge on any atom is 0.360 e. The molecule has 1 saturated carbocycles. The van der Waals surface area contributed by atoms with Gasteiger partial charge in [-0.3, -0.25) is 0 Å². The van der Waals surface area contributed by atoms with E-state index in [-0.39, 0.29) is 6.61 Å². The molecule has 0 unspecified atom stereocenters. The van der Waals surface area contributed by atoms with Gasteiger partial charge < -0.3 is 9.84 Å². The van der Waals surface area contributed by atoms with Gasteiger partial charge in [-0.15, -0.1) is 5.10 Å². The van der Waals surface area contributed by atoms with Gasteiger partial charge in [0.25, 0.3) is 0 Å². The number of carbonyl (C=O) groups excluding carboxylic acids is 1. The maximum absolute atomic E-state index is 11.6. The van der Waals surface area contributed by atoms with Gasteiger partial charge in [0.1, 0.15) is 0 Å². The lowest BCUT2D eigenvalue weighted by molar-refractivity contribution is 0.0591. The van der Waals surface area contributed by atoms with E-state index in [9.17, 15) is 4.79 Å². The second kappa shape index (κ2) is 5.27. The molecule has 1 aromatic rings. The van der Waals surface area contributed by atoms with Crippen LogP contribution in [0.3, 0.4) is 0 Å². The van der Waals surface area contributed by atoms with Crippen molar-refractivity contribution < 1.29 is 14.6 Å². The summed E-state index contributed by atoms with van der Waals surface area (Å²) in [6.45, 7) is 0.361. The molecule has 0 spiro atoms. The minimum absolute atomic E-state index is 0.0102. The Bertz CT molecular complexity index is 397. The first-order chi connectivity index (χ1) is 8.27. The fourth-order valence-corrected chi connectivity index (χ4v) is 2.43. The van der Waals surface area contributed by atoms with E-state index in [2.05, 4.69) is 10.3 Å². The topological polar surface area (TPSA) is 77.2 Å². The summed E-state index contributed by atoms with van der Waals surface area (Å²) in [6, 6.07) is 0. The zero-order valence-electron chi connectivity index (χ0n) is 9.93. The summed E-state index contributed by atoms with van der Waals surface area (Å²) in [4.78, 5) is 11.6. The Hall–Kier alpha value is -1.43. The lowest BCUT2D eigenvalue weighted by atomic mass is 10.0. The average Bonchev–Trinajstić information content (AvgIpc) is 2.96. The number of carbonyl (C=O) groups is 1. The molecule has 1 aliphatic carbocycles. The Morgan fingerprint density at radius 1 is 1.53 bits per heavy atom. The number of hydrogen-bond acceptors (Lipinski definition) is 5. The molecule has 0 saturated heterocycles. The van der Waals surface area contributed by atoms with Crippen LogP contribution in [-0.4, -0.2) is 39.8 Å². The fraction of sp³-hybridized carbons (Fsp3) is 0.727. The third kappa shape index (κ3) is 2.31. The molecular formula is C11H17N3O3. The number of aromatic nitrogens is 3. The highest BCUT2D eigenvalue weighted by Gasteiger charge is 2.29. The van der Waals surface area contributed by atoms with Crippen LogP contribution in [0.1, 0.15) is 47.8 Å². The molecule has 1 heterocycles. The van der Waals surface area contributed by atoms with Gasteiger partial charge in [-0.2, -0.15) is 0 Å². The molecule has 1 fully saturated rings. The molecule has 1 aliphatic rings. The fourth-order valence-electron chi connectivity index (χ4n) is 2.43. The van der Waals surface area contributed by atoms with Crippen LogP contribution in [0.2, 0.25) is 0 Å². The monoisotopic (exact) mass is 239 g/mol. The molecule has 6 nitrogen and oxygen atoms in total. The lowest BCUT2D eigenvalue weighted by Gasteiger charge is -2.12. The van der Waals surface area contributed by atoms with Crippen LogP contribution in [0.25, 0.3) is 0 Å². The van der Waals surface area contributed by atoms with E-state index in [0.717, 1.165) is 31.4 Å². The second-order valence-electron chi connectivity index (χ2n) is 4.24. The summed E-state index contributed by atoms with van der Waals surface area (Å²) >= 11 is 0. The Labute approximate surface area is 99.6 Å². The van der Waals surface area contributed by atoms with Crippen molar-refractivity contribution in [3.63, 3.8) is 0 Å². The van der Waals surface area contributed by atoms with Gasteiger partial charge in [0, 0.05) is 5.92 Å². The summed E-state index contributed by atoms with van der Waals surface area (Å²) in [6.07, 6.45) is 4.41. The molecule has 0 bridgehead atoms.